The normalized spacial score (nSPS) is 16.9. The molecule has 0 bridgehead atoms. The summed E-state index contributed by atoms with van der Waals surface area (Å²) in [7, 11) is -6.02. The number of hydrogen-bond acceptors (Lipinski definition) is 8. The van der Waals surface area contributed by atoms with E-state index in [2.05, 4.69) is 31.7 Å². The molecular weight excluding hydrogens is 645 g/mol. The molecule has 3 aromatic rings. The van der Waals surface area contributed by atoms with E-state index in [1.807, 2.05) is 13.0 Å². The van der Waals surface area contributed by atoms with Crippen molar-refractivity contribution in [1.29, 1.82) is 0 Å². The third-order valence-electron chi connectivity index (χ3n) is 9.83. The highest BCUT2D eigenvalue weighted by atomic mass is 32.2. The van der Waals surface area contributed by atoms with Gasteiger partial charge in [0.2, 0.25) is 5.88 Å². The van der Waals surface area contributed by atoms with Gasteiger partial charge in [-0.05, 0) is 63.3 Å². The van der Waals surface area contributed by atoms with Crippen LogP contribution in [0.2, 0.25) is 19.6 Å². The number of benzene rings is 2. The van der Waals surface area contributed by atoms with Crippen LogP contribution in [0.3, 0.4) is 0 Å². The third kappa shape index (κ3) is 6.93. The Hall–Kier alpha value is -3.61. The fraction of sp³-hybridized carbons (Fsp3) is 0.500. The Morgan fingerprint density at radius 2 is 1.81 bits per heavy atom. The van der Waals surface area contributed by atoms with E-state index in [4.69, 9.17) is 14.3 Å². The van der Waals surface area contributed by atoms with Gasteiger partial charge in [0.05, 0.1) is 25.2 Å². The lowest BCUT2D eigenvalue weighted by Gasteiger charge is -2.29. The number of aliphatic imine (C=N–C) groups is 1. The standard InChI is InChI=1S/C36H48N4O6SSi/c1-8-9-16-33-37-36(19-12-13-20-36)35(42)39(33)22-28-17-18-30(29(21-28)23-41)31-14-10-11-15-32(31)47(43,44)40(24-45-27(4)48(5,6)7)34-25(2)26(3)38-46-34/h10-11,14-15,17-18,21,23,27H,8-9,12-13,16,19-20,22,24H2,1-7H3. The van der Waals surface area contributed by atoms with Crippen LogP contribution in [0, 0.1) is 13.8 Å². The minimum absolute atomic E-state index is 0.00504. The second kappa shape index (κ2) is 14.1. The number of nitrogens with zero attached hydrogens (tertiary/aromatic N) is 4. The molecule has 2 heterocycles. The van der Waals surface area contributed by atoms with E-state index in [1.165, 1.54) is 6.07 Å². The van der Waals surface area contributed by atoms with Crippen LogP contribution in [-0.4, -0.2) is 62.6 Å². The van der Waals surface area contributed by atoms with Gasteiger partial charge in [0.1, 0.15) is 18.1 Å². The van der Waals surface area contributed by atoms with Crippen molar-refractivity contribution in [2.75, 3.05) is 11.0 Å². The number of unbranched alkanes of at least 4 members (excludes halogenated alkanes) is 1. The first-order valence-electron chi connectivity index (χ1n) is 16.9. The largest absolute Gasteiger partial charge is 0.360 e. The maximum absolute atomic E-state index is 14.6. The zero-order valence-electron chi connectivity index (χ0n) is 29.2. The number of ether oxygens (including phenoxy) is 1. The van der Waals surface area contributed by atoms with Crippen LogP contribution in [-0.2, 0) is 26.1 Å². The molecule has 258 valence electrons. The quantitative estimate of drug-likeness (QED) is 0.0977. The zero-order chi connectivity index (χ0) is 34.9. The first-order chi connectivity index (χ1) is 22.7. The summed E-state index contributed by atoms with van der Waals surface area (Å²) in [6, 6.07) is 12.0. The van der Waals surface area contributed by atoms with E-state index in [0.29, 0.717) is 34.5 Å². The summed E-state index contributed by atoms with van der Waals surface area (Å²) in [6.07, 6.45) is 6.93. The number of sulfonamides is 1. The van der Waals surface area contributed by atoms with Crippen molar-refractivity contribution in [1.82, 2.24) is 10.1 Å². The summed E-state index contributed by atoms with van der Waals surface area (Å²) in [5, 5.41) is 4.02. The smallest absolute Gasteiger partial charge is 0.269 e. The first kappa shape index (κ1) is 35.7. The molecule has 1 saturated carbocycles. The Labute approximate surface area is 285 Å². The molecule has 48 heavy (non-hydrogen) atoms. The maximum atomic E-state index is 14.6. The molecular formula is C36H48N4O6SSi. The van der Waals surface area contributed by atoms with Crippen LogP contribution < -0.4 is 4.31 Å². The van der Waals surface area contributed by atoms with Crippen LogP contribution in [0.15, 0.2) is 56.9 Å². The fourth-order valence-electron chi connectivity index (χ4n) is 6.27. The number of aldehydes is 1. The average Bonchev–Trinajstić information content (AvgIpc) is 3.74. The molecule has 10 nitrogen and oxygen atoms in total. The van der Waals surface area contributed by atoms with Gasteiger partial charge >= 0.3 is 0 Å². The molecule has 1 aromatic heterocycles. The maximum Gasteiger partial charge on any atom is 0.269 e. The van der Waals surface area contributed by atoms with Crippen molar-refractivity contribution in [3.05, 3.63) is 64.8 Å². The predicted octanol–water partition coefficient (Wildman–Crippen LogP) is 7.45. The molecule has 12 heteroatoms. The molecule has 2 aromatic carbocycles. The monoisotopic (exact) mass is 692 g/mol. The second-order valence-electron chi connectivity index (χ2n) is 14.2. The molecule has 1 amide bonds. The van der Waals surface area contributed by atoms with E-state index in [1.54, 1.807) is 49.1 Å². The van der Waals surface area contributed by atoms with Crippen LogP contribution >= 0.6 is 0 Å². The molecule has 0 saturated heterocycles. The van der Waals surface area contributed by atoms with Gasteiger partial charge in [-0.2, -0.15) is 0 Å². The van der Waals surface area contributed by atoms with E-state index in [-0.39, 0.29) is 29.1 Å². The molecule has 0 radical (unpaired) electrons. The lowest BCUT2D eigenvalue weighted by molar-refractivity contribution is -0.131. The van der Waals surface area contributed by atoms with Gasteiger partial charge in [0.15, 0.2) is 6.29 Å². The second-order valence-corrected chi connectivity index (χ2v) is 21.5. The summed E-state index contributed by atoms with van der Waals surface area (Å²) in [5.41, 5.74) is 2.33. The van der Waals surface area contributed by atoms with Gasteiger partial charge in [0.25, 0.3) is 15.9 Å². The summed E-state index contributed by atoms with van der Waals surface area (Å²) in [5.74, 6) is 0.954. The number of anilines is 1. The number of aryl methyl sites for hydroxylation is 1. The molecule has 1 fully saturated rings. The van der Waals surface area contributed by atoms with Gasteiger partial charge in [-0.15, -0.1) is 0 Å². The highest BCUT2D eigenvalue weighted by Gasteiger charge is 2.49. The highest BCUT2D eigenvalue weighted by molar-refractivity contribution is 7.93. The summed E-state index contributed by atoms with van der Waals surface area (Å²) < 4.78 is 42.0. The van der Waals surface area contributed by atoms with Crippen molar-refractivity contribution >= 4 is 42.0 Å². The lowest BCUT2D eigenvalue weighted by Crippen LogP contribution is -2.42. The topological polar surface area (TPSA) is 122 Å². The molecule has 2 aliphatic rings. The van der Waals surface area contributed by atoms with Crippen molar-refractivity contribution in [3.8, 4) is 11.1 Å². The van der Waals surface area contributed by atoms with Gasteiger partial charge in [0, 0.05) is 28.8 Å². The Morgan fingerprint density at radius 1 is 1.10 bits per heavy atom. The van der Waals surface area contributed by atoms with Crippen LogP contribution in [0.5, 0.6) is 0 Å². The van der Waals surface area contributed by atoms with Gasteiger partial charge in [-0.1, -0.05) is 81.3 Å². The van der Waals surface area contributed by atoms with Gasteiger partial charge in [-0.25, -0.2) is 12.7 Å². The minimum Gasteiger partial charge on any atom is -0.360 e. The predicted molar refractivity (Wildman–Crippen MR) is 190 cm³/mol. The number of amidine groups is 1. The molecule has 5 rings (SSSR count). The van der Waals surface area contributed by atoms with Crippen molar-refractivity contribution in [2.24, 2.45) is 4.99 Å². The lowest BCUT2D eigenvalue weighted by atomic mass is 9.96. The summed E-state index contributed by atoms with van der Waals surface area (Å²) in [4.78, 5) is 33.1. The highest BCUT2D eigenvalue weighted by Crippen LogP contribution is 2.41. The van der Waals surface area contributed by atoms with Gasteiger partial charge < -0.3 is 9.26 Å². The average molecular weight is 693 g/mol. The Balaban J connectivity index is 1.50. The molecule has 0 N–H and O–H groups in total. The van der Waals surface area contributed by atoms with E-state index in [9.17, 15) is 18.0 Å². The van der Waals surface area contributed by atoms with Gasteiger partial charge in [-0.3, -0.25) is 19.5 Å². The first-order valence-corrected chi connectivity index (χ1v) is 21.9. The minimum atomic E-state index is -4.27. The Morgan fingerprint density at radius 3 is 2.44 bits per heavy atom. The molecule has 1 unspecified atom stereocenters. The number of carbonyl (C=O) groups is 2. The number of hydrogen-bond donors (Lipinski definition) is 0. The number of carbonyl (C=O) groups excluding carboxylic acids is 2. The van der Waals surface area contributed by atoms with Crippen molar-refractivity contribution in [3.63, 3.8) is 0 Å². The van der Waals surface area contributed by atoms with E-state index in [0.717, 1.165) is 66.9 Å². The molecule has 1 aliphatic carbocycles. The fourth-order valence-corrected chi connectivity index (χ4v) is 8.38. The Bertz CT molecular complexity index is 1810. The molecule has 1 atom stereocenters. The zero-order valence-corrected chi connectivity index (χ0v) is 31.0. The number of rotatable bonds is 14. The van der Waals surface area contributed by atoms with Crippen molar-refractivity contribution in [2.45, 2.75) is 115 Å². The number of aromatic nitrogens is 1. The summed E-state index contributed by atoms with van der Waals surface area (Å²) in [6.45, 7) is 14.1. The molecule has 1 aliphatic heterocycles. The Kier molecular flexibility index (Phi) is 10.5. The SMILES string of the molecule is CCCCC1=NC2(CCCC2)C(=O)N1Cc1ccc(-c2ccccc2S(=O)(=O)N(COC(C)[Si](C)(C)C)c2onc(C)c2C)c(C=O)c1. The van der Waals surface area contributed by atoms with Crippen LogP contribution in [0.4, 0.5) is 5.88 Å². The van der Waals surface area contributed by atoms with E-state index < -0.39 is 23.6 Å². The summed E-state index contributed by atoms with van der Waals surface area (Å²) >= 11 is 0. The van der Waals surface area contributed by atoms with Crippen LogP contribution in [0.1, 0.15) is 86.0 Å². The third-order valence-corrected chi connectivity index (χ3v) is 14.2. The van der Waals surface area contributed by atoms with E-state index >= 15 is 0 Å². The van der Waals surface area contributed by atoms with Crippen LogP contribution in [0.25, 0.3) is 11.1 Å². The van der Waals surface area contributed by atoms with Crippen molar-refractivity contribution < 1.29 is 27.3 Å². The molecule has 1 spiro atoms. The number of amides is 1.